The second-order valence-corrected chi connectivity index (χ2v) is 6.45. The van der Waals surface area contributed by atoms with Gasteiger partial charge in [0.2, 0.25) is 11.8 Å². The Kier molecular flexibility index (Phi) is 4.47. The molecule has 0 spiro atoms. The summed E-state index contributed by atoms with van der Waals surface area (Å²) in [6.45, 7) is 7.88. The molecule has 3 heterocycles. The summed E-state index contributed by atoms with van der Waals surface area (Å²) in [5.41, 5.74) is 0. The number of carbonyl (C=O) groups is 1. The molecular weight excluding hydrogens is 280 g/mol. The van der Waals surface area contributed by atoms with E-state index >= 15 is 0 Å². The topological polar surface area (TPSA) is 62.5 Å². The molecule has 0 radical (unpaired) electrons. The highest BCUT2D eigenvalue weighted by atomic mass is 16.5. The van der Waals surface area contributed by atoms with Gasteiger partial charge in [0, 0.05) is 25.0 Å². The number of nitrogens with zero attached hydrogens (tertiary/aromatic N) is 4. The quantitative estimate of drug-likeness (QED) is 0.854. The third-order valence-electron chi connectivity index (χ3n) is 5.11. The number of rotatable bonds is 4. The highest BCUT2D eigenvalue weighted by molar-refractivity contribution is 5.76. The predicted molar refractivity (Wildman–Crippen MR) is 82.2 cm³/mol. The van der Waals surface area contributed by atoms with Crippen LogP contribution in [0.25, 0.3) is 0 Å². The number of aromatic nitrogens is 2. The highest BCUT2D eigenvalue weighted by Gasteiger charge is 2.41. The van der Waals surface area contributed by atoms with Gasteiger partial charge in [0.05, 0.1) is 6.04 Å². The van der Waals surface area contributed by atoms with Crippen molar-refractivity contribution in [1.29, 1.82) is 0 Å². The van der Waals surface area contributed by atoms with E-state index < -0.39 is 0 Å². The van der Waals surface area contributed by atoms with E-state index in [0.29, 0.717) is 30.2 Å². The first-order chi connectivity index (χ1) is 10.6. The van der Waals surface area contributed by atoms with Crippen molar-refractivity contribution in [3.05, 3.63) is 11.7 Å². The van der Waals surface area contributed by atoms with Crippen LogP contribution in [-0.2, 0) is 4.79 Å². The molecule has 2 aliphatic heterocycles. The van der Waals surface area contributed by atoms with Crippen molar-refractivity contribution >= 4 is 5.91 Å². The van der Waals surface area contributed by atoms with Gasteiger partial charge in [-0.15, -0.1) is 0 Å². The van der Waals surface area contributed by atoms with Crippen LogP contribution in [0.1, 0.15) is 63.7 Å². The molecule has 122 valence electrons. The Morgan fingerprint density at radius 3 is 2.73 bits per heavy atom. The van der Waals surface area contributed by atoms with Crippen molar-refractivity contribution in [2.24, 2.45) is 0 Å². The zero-order chi connectivity index (χ0) is 15.7. The summed E-state index contributed by atoms with van der Waals surface area (Å²) >= 11 is 0. The van der Waals surface area contributed by atoms with Crippen molar-refractivity contribution in [3.8, 4) is 0 Å². The molecule has 2 fully saturated rings. The van der Waals surface area contributed by atoms with Crippen LogP contribution in [0.5, 0.6) is 0 Å². The van der Waals surface area contributed by atoms with Gasteiger partial charge in [-0.1, -0.05) is 12.1 Å². The maximum atomic E-state index is 12.2. The number of likely N-dealkylation sites (tertiary alicyclic amines) is 2. The standard InChI is InChI=1S/C16H26N4O2/c1-4-15(21)20-10-6-8-14(20)13-7-5-9-19(13)11(2)16-17-12(3)18-22-16/h11,13-14H,4-10H2,1-3H3/t11-,13+,14-/m1/s1. The summed E-state index contributed by atoms with van der Waals surface area (Å²) in [4.78, 5) is 21.1. The van der Waals surface area contributed by atoms with Crippen LogP contribution >= 0.6 is 0 Å². The molecule has 6 heteroatoms. The van der Waals surface area contributed by atoms with Gasteiger partial charge in [-0.3, -0.25) is 9.69 Å². The van der Waals surface area contributed by atoms with Gasteiger partial charge in [-0.2, -0.15) is 4.98 Å². The molecule has 1 aromatic rings. The zero-order valence-corrected chi connectivity index (χ0v) is 13.8. The van der Waals surface area contributed by atoms with Crippen LogP contribution in [0, 0.1) is 6.92 Å². The molecule has 0 aliphatic carbocycles. The van der Waals surface area contributed by atoms with Gasteiger partial charge in [-0.05, 0) is 46.1 Å². The molecule has 1 amide bonds. The Hall–Kier alpha value is -1.43. The summed E-state index contributed by atoms with van der Waals surface area (Å²) in [7, 11) is 0. The fraction of sp³-hybridized carbons (Fsp3) is 0.812. The maximum absolute atomic E-state index is 12.2. The summed E-state index contributed by atoms with van der Waals surface area (Å²) in [6, 6.07) is 0.884. The molecule has 6 nitrogen and oxygen atoms in total. The number of hydrogen-bond donors (Lipinski definition) is 0. The van der Waals surface area contributed by atoms with E-state index in [9.17, 15) is 4.79 Å². The highest BCUT2D eigenvalue weighted by Crippen LogP contribution is 2.35. The first kappa shape index (κ1) is 15.5. The molecular formula is C16H26N4O2. The average molecular weight is 306 g/mol. The fourth-order valence-electron chi connectivity index (χ4n) is 4.04. The van der Waals surface area contributed by atoms with Crippen molar-refractivity contribution < 1.29 is 9.32 Å². The lowest BCUT2D eigenvalue weighted by Gasteiger charge is -2.36. The van der Waals surface area contributed by atoms with Crippen LogP contribution < -0.4 is 0 Å². The van der Waals surface area contributed by atoms with Gasteiger partial charge in [-0.25, -0.2) is 0 Å². The maximum Gasteiger partial charge on any atom is 0.243 e. The minimum atomic E-state index is 0.118. The van der Waals surface area contributed by atoms with Crippen molar-refractivity contribution in [2.45, 2.75) is 71.0 Å². The number of aryl methyl sites for hydroxylation is 1. The Morgan fingerprint density at radius 1 is 1.32 bits per heavy atom. The van der Waals surface area contributed by atoms with Gasteiger partial charge >= 0.3 is 0 Å². The average Bonchev–Trinajstić information content (AvgIpc) is 3.24. The molecule has 0 aromatic carbocycles. The van der Waals surface area contributed by atoms with Crippen molar-refractivity contribution in [2.75, 3.05) is 13.1 Å². The summed E-state index contributed by atoms with van der Waals surface area (Å²) in [5.74, 6) is 1.66. The zero-order valence-electron chi connectivity index (χ0n) is 13.8. The first-order valence-corrected chi connectivity index (χ1v) is 8.47. The largest absolute Gasteiger partial charge is 0.338 e. The molecule has 0 unspecified atom stereocenters. The number of amides is 1. The Bertz CT molecular complexity index is 530. The van der Waals surface area contributed by atoms with E-state index in [2.05, 4.69) is 26.9 Å². The smallest absolute Gasteiger partial charge is 0.243 e. The SMILES string of the molecule is CCC(=O)N1CCC[C@@H]1[C@@H]1CCCN1[C@H](C)c1nc(C)no1. The third kappa shape index (κ3) is 2.76. The minimum absolute atomic E-state index is 0.118. The van der Waals surface area contributed by atoms with E-state index in [-0.39, 0.29) is 11.9 Å². The summed E-state index contributed by atoms with van der Waals surface area (Å²) in [6.07, 6.45) is 5.15. The van der Waals surface area contributed by atoms with Crippen LogP contribution in [0.4, 0.5) is 0 Å². The Morgan fingerprint density at radius 2 is 2.05 bits per heavy atom. The van der Waals surface area contributed by atoms with Gasteiger partial charge in [0.1, 0.15) is 0 Å². The van der Waals surface area contributed by atoms with Crippen molar-refractivity contribution in [3.63, 3.8) is 0 Å². The van der Waals surface area contributed by atoms with E-state index in [0.717, 1.165) is 32.4 Å². The summed E-state index contributed by atoms with van der Waals surface area (Å²) in [5, 5.41) is 3.91. The Labute approximate surface area is 131 Å². The van der Waals surface area contributed by atoms with E-state index in [1.165, 1.54) is 6.42 Å². The summed E-state index contributed by atoms with van der Waals surface area (Å²) < 4.78 is 5.36. The number of carbonyl (C=O) groups excluding carboxylic acids is 1. The third-order valence-corrected chi connectivity index (χ3v) is 5.11. The van der Waals surface area contributed by atoms with Crippen LogP contribution in [0.15, 0.2) is 4.52 Å². The predicted octanol–water partition coefficient (Wildman–Crippen LogP) is 2.30. The molecule has 2 saturated heterocycles. The first-order valence-electron chi connectivity index (χ1n) is 8.47. The van der Waals surface area contributed by atoms with Gasteiger partial charge in [0.25, 0.3) is 0 Å². The van der Waals surface area contributed by atoms with Crippen LogP contribution in [0.3, 0.4) is 0 Å². The van der Waals surface area contributed by atoms with Crippen LogP contribution in [0.2, 0.25) is 0 Å². The molecule has 1 aromatic heterocycles. The van der Waals surface area contributed by atoms with E-state index in [1.807, 2.05) is 13.8 Å². The molecule has 3 atom stereocenters. The van der Waals surface area contributed by atoms with Gasteiger partial charge in [0.15, 0.2) is 5.82 Å². The second-order valence-electron chi connectivity index (χ2n) is 6.45. The molecule has 3 rings (SSSR count). The van der Waals surface area contributed by atoms with Crippen LogP contribution in [-0.4, -0.2) is 51.0 Å². The fourth-order valence-corrected chi connectivity index (χ4v) is 4.04. The lowest BCUT2D eigenvalue weighted by atomic mass is 10.0. The molecule has 2 aliphatic rings. The van der Waals surface area contributed by atoms with Gasteiger partial charge < -0.3 is 9.42 Å². The van der Waals surface area contributed by atoms with Crippen molar-refractivity contribution in [1.82, 2.24) is 19.9 Å². The molecule has 0 N–H and O–H groups in total. The second kappa shape index (κ2) is 6.36. The number of hydrogen-bond acceptors (Lipinski definition) is 5. The normalized spacial score (nSPS) is 27.5. The lowest BCUT2D eigenvalue weighted by molar-refractivity contribution is -0.132. The molecule has 0 bridgehead atoms. The molecule has 22 heavy (non-hydrogen) atoms. The minimum Gasteiger partial charge on any atom is -0.338 e. The molecule has 0 saturated carbocycles. The monoisotopic (exact) mass is 306 g/mol. The Balaban J connectivity index is 1.76. The lowest BCUT2D eigenvalue weighted by Crippen LogP contribution is -2.48. The van der Waals surface area contributed by atoms with E-state index in [1.54, 1.807) is 0 Å². The van der Waals surface area contributed by atoms with E-state index in [4.69, 9.17) is 4.52 Å².